The zero-order chi connectivity index (χ0) is 14.0. The van der Waals surface area contributed by atoms with Crippen LogP contribution in [0.5, 0.6) is 5.75 Å². The summed E-state index contributed by atoms with van der Waals surface area (Å²) >= 11 is 3.46. The summed E-state index contributed by atoms with van der Waals surface area (Å²) in [5.41, 5.74) is 1.12. The van der Waals surface area contributed by atoms with Gasteiger partial charge in [0.05, 0.1) is 13.0 Å². The SMILES string of the molecule is COc1ccc(Br)cc1CN1CC(C(C)C(=O)O)C1. The molecule has 1 heterocycles. The Morgan fingerprint density at radius 2 is 2.26 bits per heavy atom. The predicted octanol–water partition coefficient (Wildman–Crippen LogP) is 2.61. The largest absolute Gasteiger partial charge is 0.496 e. The van der Waals surface area contributed by atoms with Gasteiger partial charge in [-0.3, -0.25) is 9.69 Å². The highest BCUT2D eigenvalue weighted by molar-refractivity contribution is 9.10. The number of likely N-dealkylation sites (tertiary alicyclic amines) is 1. The van der Waals surface area contributed by atoms with Crippen molar-refractivity contribution in [2.45, 2.75) is 13.5 Å². The lowest BCUT2D eigenvalue weighted by atomic mass is 9.87. The number of aliphatic carboxylic acids is 1. The van der Waals surface area contributed by atoms with Gasteiger partial charge in [-0.25, -0.2) is 0 Å². The zero-order valence-corrected chi connectivity index (χ0v) is 12.7. The quantitative estimate of drug-likeness (QED) is 0.903. The van der Waals surface area contributed by atoms with E-state index in [2.05, 4.69) is 20.8 Å². The molecule has 0 aliphatic carbocycles. The zero-order valence-electron chi connectivity index (χ0n) is 11.1. The Morgan fingerprint density at radius 3 is 2.84 bits per heavy atom. The van der Waals surface area contributed by atoms with Crippen LogP contribution in [0.1, 0.15) is 12.5 Å². The summed E-state index contributed by atoms with van der Waals surface area (Å²) < 4.78 is 6.37. The van der Waals surface area contributed by atoms with Crippen LogP contribution in [0.25, 0.3) is 0 Å². The maximum atomic E-state index is 10.9. The summed E-state index contributed by atoms with van der Waals surface area (Å²) in [6.07, 6.45) is 0. The number of hydrogen-bond acceptors (Lipinski definition) is 3. The summed E-state index contributed by atoms with van der Waals surface area (Å²) in [6.45, 7) is 4.25. The second-order valence-electron chi connectivity index (χ2n) is 5.04. The number of nitrogens with zero attached hydrogens (tertiary/aromatic N) is 1. The fourth-order valence-corrected chi connectivity index (χ4v) is 2.78. The van der Waals surface area contributed by atoms with Gasteiger partial charge in [-0.05, 0) is 24.1 Å². The Hall–Kier alpha value is -1.07. The van der Waals surface area contributed by atoms with Crippen molar-refractivity contribution in [1.29, 1.82) is 0 Å². The van der Waals surface area contributed by atoms with E-state index in [1.54, 1.807) is 14.0 Å². The molecule has 1 saturated heterocycles. The topological polar surface area (TPSA) is 49.8 Å². The van der Waals surface area contributed by atoms with Crippen molar-refractivity contribution in [1.82, 2.24) is 4.90 Å². The lowest BCUT2D eigenvalue weighted by Gasteiger charge is -2.41. The van der Waals surface area contributed by atoms with Gasteiger partial charge in [0.1, 0.15) is 5.75 Å². The van der Waals surface area contributed by atoms with E-state index in [0.29, 0.717) is 0 Å². The normalized spacial score (nSPS) is 17.8. The van der Waals surface area contributed by atoms with Crippen LogP contribution in [0.4, 0.5) is 0 Å². The Labute approximate surface area is 121 Å². The molecule has 1 aliphatic heterocycles. The smallest absolute Gasteiger partial charge is 0.306 e. The first kappa shape index (κ1) is 14.3. The van der Waals surface area contributed by atoms with Gasteiger partial charge < -0.3 is 9.84 Å². The van der Waals surface area contributed by atoms with Crippen molar-refractivity contribution in [2.75, 3.05) is 20.2 Å². The van der Waals surface area contributed by atoms with E-state index in [-0.39, 0.29) is 11.8 Å². The van der Waals surface area contributed by atoms with Crippen LogP contribution >= 0.6 is 15.9 Å². The van der Waals surface area contributed by atoms with E-state index >= 15 is 0 Å². The van der Waals surface area contributed by atoms with Gasteiger partial charge in [-0.1, -0.05) is 22.9 Å². The molecule has 5 heteroatoms. The number of benzene rings is 1. The molecule has 0 amide bonds. The first-order chi connectivity index (χ1) is 9.01. The average Bonchev–Trinajstić information content (AvgIpc) is 2.32. The molecule has 1 aromatic carbocycles. The number of carboxylic acid groups (broad SMARTS) is 1. The molecule has 4 nitrogen and oxygen atoms in total. The monoisotopic (exact) mass is 327 g/mol. The molecule has 0 bridgehead atoms. The van der Waals surface area contributed by atoms with Crippen molar-refractivity contribution in [3.63, 3.8) is 0 Å². The van der Waals surface area contributed by atoms with E-state index in [1.165, 1.54) is 0 Å². The standard InChI is InChI=1S/C14H18BrNO3/c1-9(14(17)18)11-7-16(8-11)6-10-5-12(15)3-4-13(10)19-2/h3-5,9,11H,6-8H2,1-2H3,(H,17,18). The minimum absolute atomic E-state index is 0.260. The van der Waals surface area contributed by atoms with E-state index in [1.807, 2.05) is 18.2 Å². The molecule has 2 rings (SSSR count). The second-order valence-corrected chi connectivity index (χ2v) is 5.95. The molecule has 1 unspecified atom stereocenters. The van der Waals surface area contributed by atoms with Gasteiger partial charge in [0, 0.05) is 29.7 Å². The predicted molar refractivity (Wildman–Crippen MR) is 76.3 cm³/mol. The van der Waals surface area contributed by atoms with E-state index in [9.17, 15) is 4.79 Å². The van der Waals surface area contributed by atoms with E-state index in [0.717, 1.165) is 35.4 Å². The molecule has 19 heavy (non-hydrogen) atoms. The third-order valence-electron chi connectivity index (χ3n) is 3.72. The Kier molecular flexibility index (Phi) is 4.47. The highest BCUT2D eigenvalue weighted by Crippen LogP contribution is 2.29. The first-order valence-corrected chi connectivity index (χ1v) is 7.08. The van der Waals surface area contributed by atoms with Gasteiger partial charge in [0.2, 0.25) is 0 Å². The van der Waals surface area contributed by atoms with Crippen LogP contribution < -0.4 is 4.74 Å². The maximum absolute atomic E-state index is 10.9. The lowest BCUT2D eigenvalue weighted by molar-refractivity contribution is -0.145. The van der Waals surface area contributed by atoms with Gasteiger partial charge >= 0.3 is 5.97 Å². The number of halogens is 1. The summed E-state index contributed by atoms with van der Waals surface area (Å²) in [4.78, 5) is 13.1. The molecule has 1 N–H and O–H groups in total. The molecule has 1 fully saturated rings. The van der Waals surface area contributed by atoms with Gasteiger partial charge in [0.25, 0.3) is 0 Å². The van der Waals surface area contributed by atoms with Crippen molar-refractivity contribution in [3.05, 3.63) is 28.2 Å². The molecular weight excluding hydrogens is 310 g/mol. The molecule has 0 saturated carbocycles. The molecule has 0 radical (unpaired) electrons. The number of hydrogen-bond donors (Lipinski definition) is 1. The summed E-state index contributed by atoms with van der Waals surface area (Å²) in [5, 5.41) is 8.97. The van der Waals surface area contributed by atoms with E-state index in [4.69, 9.17) is 9.84 Å². The Balaban J connectivity index is 1.94. The summed E-state index contributed by atoms with van der Waals surface area (Å²) in [5.74, 6) is 0.166. The third kappa shape index (κ3) is 3.28. The summed E-state index contributed by atoms with van der Waals surface area (Å²) in [6, 6.07) is 5.94. The fourth-order valence-electron chi connectivity index (χ4n) is 2.37. The minimum Gasteiger partial charge on any atom is -0.496 e. The van der Waals surface area contributed by atoms with Crippen molar-refractivity contribution >= 4 is 21.9 Å². The van der Waals surface area contributed by atoms with Crippen LogP contribution in [0, 0.1) is 11.8 Å². The Morgan fingerprint density at radius 1 is 1.58 bits per heavy atom. The number of carbonyl (C=O) groups is 1. The fraction of sp³-hybridized carbons (Fsp3) is 0.500. The second kappa shape index (κ2) is 5.92. The number of ether oxygens (including phenoxy) is 1. The average molecular weight is 328 g/mol. The maximum Gasteiger partial charge on any atom is 0.306 e. The van der Waals surface area contributed by atoms with Crippen LogP contribution in [0.3, 0.4) is 0 Å². The molecule has 1 atom stereocenters. The lowest BCUT2D eigenvalue weighted by Crippen LogP contribution is -2.50. The van der Waals surface area contributed by atoms with Gasteiger partial charge in [-0.15, -0.1) is 0 Å². The van der Waals surface area contributed by atoms with Crippen molar-refractivity contribution in [3.8, 4) is 5.75 Å². The number of rotatable bonds is 5. The van der Waals surface area contributed by atoms with Gasteiger partial charge in [0.15, 0.2) is 0 Å². The van der Waals surface area contributed by atoms with Crippen LogP contribution in [-0.2, 0) is 11.3 Å². The van der Waals surface area contributed by atoms with E-state index < -0.39 is 5.97 Å². The Bertz CT molecular complexity index is 472. The molecule has 104 valence electrons. The molecule has 1 aliphatic rings. The van der Waals surface area contributed by atoms with Crippen molar-refractivity contribution < 1.29 is 14.6 Å². The molecule has 0 aromatic heterocycles. The van der Waals surface area contributed by atoms with Crippen LogP contribution in [-0.4, -0.2) is 36.2 Å². The van der Waals surface area contributed by atoms with Gasteiger partial charge in [-0.2, -0.15) is 0 Å². The van der Waals surface area contributed by atoms with Crippen LogP contribution in [0.15, 0.2) is 22.7 Å². The third-order valence-corrected chi connectivity index (χ3v) is 4.21. The number of carboxylic acids is 1. The highest BCUT2D eigenvalue weighted by Gasteiger charge is 2.34. The highest BCUT2D eigenvalue weighted by atomic mass is 79.9. The first-order valence-electron chi connectivity index (χ1n) is 6.29. The minimum atomic E-state index is -0.704. The summed E-state index contributed by atoms with van der Waals surface area (Å²) in [7, 11) is 1.66. The molecular formula is C14H18BrNO3. The van der Waals surface area contributed by atoms with Crippen molar-refractivity contribution in [2.24, 2.45) is 11.8 Å². The van der Waals surface area contributed by atoms with Crippen LogP contribution in [0.2, 0.25) is 0 Å². The number of methoxy groups -OCH3 is 1. The molecule has 1 aromatic rings. The molecule has 0 spiro atoms.